The maximum atomic E-state index is 12.8. The Bertz CT molecular complexity index is 1260. The highest BCUT2D eigenvalue weighted by Crippen LogP contribution is 2.47. The number of nitrogens with one attached hydrogen (secondary N) is 2. The van der Waals surface area contributed by atoms with Gasteiger partial charge in [-0.2, -0.15) is 0 Å². The molecule has 3 aromatic carbocycles. The van der Waals surface area contributed by atoms with Crippen LogP contribution in [-0.4, -0.2) is 18.9 Å². The number of ketones is 1. The molecule has 1 heterocycles. The van der Waals surface area contributed by atoms with Crippen molar-refractivity contribution in [2.45, 2.75) is 19.6 Å². The summed E-state index contributed by atoms with van der Waals surface area (Å²) in [7, 11) is 1.55. The number of amides is 2. The third kappa shape index (κ3) is 4.88. The molecule has 0 saturated heterocycles. The summed E-state index contributed by atoms with van der Waals surface area (Å²) in [4.78, 5) is 25.4. The number of halogens is 2. The Labute approximate surface area is 214 Å². The Morgan fingerprint density at radius 2 is 1.65 bits per heavy atom. The molecule has 1 aliphatic heterocycles. The van der Waals surface area contributed by atoms with Gasteiger partial charge in [-0.15, -0.1) is 0 Å². The van der Waals surface area contributed by atoms with E-state index in [2.05, 4.69) is 42.5 Å². The van der Waals surface area contributed by atoms with Crippen molar-refractivity contribution in [3.8, 4) is 11.5 Å². The first kappa shape index (κ1) is 24.0. The van der Waals surface area contributed by atoms with E-state index in [9.17, 15) is 9.59 Å². The number of hydrogen-bond acceptors (Lipinski definition) is 4. The van der Waals surface area contributed by atoms with Gasteiger partial charge in [0.25, 0.3) is 0 Å². The lowest BCUT2D eigenvalue weighted by Crippen LogP contribution is -2.44. The molecule has 2 N–H and O–H groups in total. The average molecular weight is 586 g/mol. The highest BCUT2D eigenvalue weighted by molar-refractivity contribution is 9.13. The maximum absolute atomic E-state index is 12.8. The van der Waals surface area contributed by atoms with Gasteiger partial charge in [-0.25, -0.2) is 4.79 Å². The number of benzene rings is 3. The van der Waals surface area contributed by atoms with Crippen LogP contribution in [0.3, 0.4) is 0 Å². The fourth-order valence-corrected chi connectivity index (χ4v) is 4.90. The molecule has 1 atom stereocenters. The van der Waals surface area contributed by atoms with Crippen molar-refractivity contribution in [2.75, 3.05) is 7.11 Å². The molecular weight excluding hydrogens is 564 g/mol. The Morgan fingerprint density at radius 1 is 1.00 bits per heavy atom. The van der Waals surface area contributed by atoms with Gasteiger partial charge in [0, 0.05) is 10.0 Å². The molecule has 0 spiro atoms. The van der Waals surface area contributed by atoms with Crippen LogP contribution in [0, 0.1) is 0 Å². The molecule has 3 aromatic rings. The second kappa shape index (κ2) is 10.4. The van der Waals surface area contributed by atoms with E-state index in [1.807, 2.05) is 60.7 Å². The molecule has 1 unspecified atom stereocenters. The van der Waals surface area contributed by atoms with E-state index < -0.39 is 12.1 Å². The lowest BCUT2D eigenvalue weighted by molar-refractivity contribution is -0.113. The van der Waals surface area contributed by atoms with Crippen molar-refractivity contribution in [1.82, 2.24) is 10.6 Å². The number of hydrogen-bond donors (Lipinski definition) is 2. The van der Waals surface area contributed by atoms with Gasteiger partial charge in [0.2, 0.25) is 0 Å². The van der Waals surface area contributed by atoms with Crippen molar-refractivity contribution < 1.29 is 19.1 Å². The summed E-state index contributed by atoms with van der Waals surface area (Å²) in [5.74, 6) is 0.819. The SMILES string of the molecule is COc1cc(C2NC(=O)NC(c3ccccc3)=C2C(C)=O)c(Br)c(Br)c1OCc1ccccc1. The molecule has 34 heavy (non-hydrogen) atoms. The Hall–Kier alpha value is -3.10. The predicted octanol–water partition coefficient (Wildman–Crippen LogP) is 6.15. The number of methoxy groups -OCH3 is 1. The number of urea groups is 1. The van der Waals surface area contributed by atoms with Gasteiger partial charge in [-0.1, -0.05) is 60.7 Å². The molecule has 8 heteroatoms. The summed E-state index contributed by atoms with van der Waals surface area (Å²) < 4.78 is 13.0. The molecule has 0 radical (unpaired) electrons. The zero-order valence-electron chi connectivity index (χ0n) is 18.5. The molecule has 174 valence electrons. The minimum absolute atomic E-state index is 0.164. The lowest BCUT2D eigenvalue weighted by Gasteiger charge is -2.31. The zero-order chi connectivity index (χ0) is 24.2. The minimum Gasteiger partial charge on any atom is -0.493 e. The topological polar surface area (TPSA) is 76.7 Å². The third-order valence-corrected chi connectivity index (χ3v) is 7.57. The van der Waals surface area contributed by atoms with Crippen LogP contribution < -0.4 is 20.1 Å². The summed E-state index contributed by atoms with van der Waals surface area (Å²) in [6.07, 6.45) is 0. The monoisotopic (exact) mass is 584 g/mol. The second-order valence-electron chi connectivity index (χ2n) is 7.64. The van der Waals surface area contributed by atoms with E-state index in [1.54, 1.807) is 13.2 Å². The van der Waals surface area contributed by atoms with Gasteiger partial charge in [-0.05, 0) is 61.5 Å². The fraction of sp³-hybridized carbons (Fsp3) is 0.154. The standard InChI is InChI=1S/C26H22Br2N2O4/c1-15(31)20-23(17-11-7-4-8-12-17)29-26(32)30-24(20)18-13-19(33-2)25(22(28)21(18)27)34-14-16-9-5-3-6-10-16/h3-13,24H,14H2,1-2H3,(H2,29,30,32). The molecule has 0 saturated carbocycles. The molecule has 1 aliphatic rings. The third-order valence-electron chi connectivity index (χ3n) is 5.43. The number of ether oxygens (including phenoxy) is 2. The van der Waals surface area contributed by atoms with Crippen molar-refractivity contribution in [3.05, 3.63) is 97.9 Å². The van der Waals surface area contributed by atoms with E-state index >= 15 is 0 Å². The molecule has 0 aromatic heterocycles. The van der Waals surface area contributed by atoms with Crippen LogP contribution in [0.2, 0.25) is 0 Å². The van der Waals surface area contributed by atoms with Crippen LogP contribution in [0.5, 0.6) is 11.5 Å². The van der Waals surface area contributed by atoms with Gasteiger partial charge in [-0.3, -0.25) is 4.79 Å². The van der Waals surface area contributed by atoms with E-state index in [4.69, 9.17) is 9.47 Å². The predicted molar refractivity (Wildman–Crippen MR) is 138 cm³/mol. The molecular formula is C26H22Br2N2O4. The van der Waals surface area contributed by atoms with Crippen LogP contribution in [0.15, 0.2) is 81.2 Å². The Morgan fingerprint density at radius 3 is 2.26 bits per heavy atom. The van der Waals surface area contributed by atoms with Gasteiger partial charge < -0.3 is 20.1 Å². The van der Waals surface area contributed by atoms with Crippen LogP contribution >= 0.6 is 31.9 Å². The van der Waals surface area contributed by atoms with Crippen LogP contribution in [0.1, 0.15) is 29.7 Å². The lowest BCUT2D eigenvalue weighted by atomic mass is 9.90. The fourth-order valence-electron chi connectivity index (χ4n) is 3.84. The summed E-state index contributed by atoms with van der Waals surface area (Å²) in [5, 5.41) is 5.69. The summed E-state index contributed by atoms with van der Waals surface area (Å²) in [6.45, 7) is 1.84. The zero-order valence-corrected chi connectivity index (χ0v) is 21.7. The maximum Gasteiger partial charge on any atom is 0.320 e. The number of Topliss-reactive ketones (excluding diaryl/α,β-unsaturated/α-hetero) is 1. The van der Waals surface area contributed by atoms with Gasteiger partial charge >= 0.3 is 6.03 Å². The summed E-state index contributed by atoms with van der Waals surface area (Å²) in [6, 6.07) is 19.8. The first-order valence-electron chi connectivity index (χ1n) is 10.5. The molecule has 4 rings (SSSR count). The van der Waals surface area contributed by atoms with Crippen LogP contribution in [0.25, 0.3) is 5.70 Å². The molecule has 0 bridgehead atoms. The van der Waals surface area contributed by atoms with Gasteiger partial charge in [0.05, 0.1) is 23.3 Å². The van der Waals surface area contributed by atoms with Gasteiger partial charge in [0.1, 0.15) is 6.61 Å². The van der Waals surface area contributed by atoms with E-state index in [0.29, 0.717) is 43.9 Å². The Kier molecular flexibility index (Phi) is 7.38. The average Bonchev–Trinajstić information content (AvgIpc) is 2.85. The largest absolute Gasteiger partial charge is 0.493 e. The van der Waals surface area contributed by atoms with Crippen LogP contribution in [-0.2, 0) is 11.4 Å². The van der Waals surface area contributed by atoms with E-state index in [-0.39, 0.29) is 5.78 Å². The normalized spacial score (nSPS) is 15.4. The minimum atomic E-state index is -0.704. The number of rotatable bonds is 7. The van der Waals surface area contributed by atoms with Crippen LogP contribution in [0.4, 0.5) is 4.79 Å². The Balaban J connectivity index is 1.80. The van der Waals surface area contributed by atoms with E-state index in [0.717, 1.165) is 11.1 Å². The smallest absolute Gasteiger partial charge is 0.320 e. The quantitative estimate of drug-likeness (QED) is 0.348. The molecule has 2 amide bonds. The van der Waals surface area contributed by atoms with Crippen molar-refractivity contribution in [2.24, 2.45) is 0 Å². The van der Waals surface area contributed by atoms with Gasteiger partial charge in [0.15, 0.2) is 17.3 Å². The first-order chi connectivity index (χ1) is 16.4. The highest BCUT2D eigenvalue weighted by Gasteiger charge is 2.34. The molecule has 0 aliphatic carbocycles. The van der Waals surface area contributed by atoms with Crippen molar-refractivity contribution in [3.63, 3.8) is 0 Å². The van der Waals surface area contributed by atoms with Crippen molar-refractivity contribution in [1.29, 1.82) is 0 Å². The highest BCUT2D eigenvalue weighted by atomic mass is 79.9. The number of carbonyl (C=O) groups is 2. The molecule has 0 fully saturated rings. The first-order valence-corrected chi connectivity index (χ1v) is 12.1. The van der Waals surface area contributed by atoms with E-state index in [1.165, 1.54) is 6.92 Å². The van der Waals surface area contributed by atoms with Crippen molar-refractivity contribution >= 4 is 49.4 Å². The summed E-state index contributed by atoms with van der Waals surface area (Å²) >= 11 is 7.25. The molecule has 6 nitrogen and oxygen atoms in total. The number of carbonyl (C=O) groups excluding carboxylic acids is 2. The summed E-state index contributed by atoms with van der Waals surface area (Å²) in [5.41, 5.74) is 3.34. The second-order valence-corrected chi connectivity index (χ2v) is 9.23.